The molecule has 0 spiro atoms. The molecule has 1 nitrogen and oxygen atoms in total. The molecule has 5 atom stereocenters. The van der Waals surface area contributed by atoms with Crippen molar-refractivity contribution >= 4 is 24.5 Å². The van der Waals surface area contributed by atoms with Gasteiger partial charge >= 0.3 is 133 Å². The Morgan fingerprint density at radius 3 is 2.55 bits per heavy atom. The van der Waals surface area contributed by atoms with E-state index < -0.39 is 0 Å². The van der Waals surface area contributed by atoms with E-state index in [4.69, 9.17) is 0 Å². The van der Waals surface area contributed by atoms with E-state index in [2.05, 4.69) is 79.0 Å². The Morgan fingerprint density at radius 1 is 1.00 bits per heavy atom. The van der Waals surface area contributed by atoms with Crippen molar-refractivity contribution in [1.82, 2.24) is 0 Å². The first kappa shape index (κ1) is 13.8. The van der Waals surface area contributed by atoms with E-state index in [-0.39, 0.29) is 0 Å². The van der Waals surface area contributed by atoms with E-state index in [0.29, 0.717) is 23.9 Å². The fourth-order valence-electron chi connectivity index (χ4n) is 4.39. The van der Waals surface area contributed by atoms with E-state index in [1.165, 1.54) is 17.6 Å². The molecule has 0 radical (unpaired) electrons. The van der Waals surface area contributed by atoms with Gasteiger partial charge in [-0.15, -0.1) is 0 Å². The summed E-state index contributed by atoms with van der Waals surface area (Å²) >= 11 is 0. The van der Waals surface area contributed by atoms with Gasteiger partial charge in [-0.25, -0.2) is 0 Å². The van der Waals surface area contributed by atoms with Gasteiger partial charge in [0.05, 0.1) is 0 Å². The van der Waals surface area contributed by atoms with Gasteiger partial charge in [0.25, 0.3) is 0 Å². The third-order valence-corrected chi connectivity index (χ3v) is 5.43. The zero-order valence-electron chi connectivity index (χ0n) is 13.1. The predicted molar refractivity (Wildman–Crippen MR) is 97.2 cm³/mol. The molecule has 2 heteroatoms. The number of allylic oxidation sites excluding steroid dienone is 3. The Bertz CT molecular complexity index is 655. The second-order valence-electron chi connectivity index (χ2n) is 6.79. The van der Waals surface area contributed by atoms with Crippen LogP contribution in [0.2, 0.25) is 0 Å². The van der Waals surface area contributed by atoms with E-state index in [1.807, 2.05) is 6.92 Å². The van der Waals surface area contributed by atoms with Crippen molar-refractivity contribution in [2.24, 2.45) is 17.8 Å². The van der Waals surface area contributed by atoms with Crippen molar-refractivity contribution in [2.45, 2.75) is 25.4 Å². The molecule has 1 aromatic rings. The standard InChI is InChI=1S/C20H22BN/c1-14-7-12-20-18(13-14)17-5-3-4-6-19(17)22(20)16-10-8-15(21-2)9-11-16/h3-12,14,17-20H,2,13H2,1H3. The molecule has 4 rings (SSSR count). The molecule has 5 unspecified atom stereocenters. The number of fused-ring (bicyclic) bond motifs is 3. The average Bonchev–Trinajstić information content (AvgIpc) is 2.89. The molecule has 1 heterocycles. The molecule has 2 aliphatic carbocycles. The van der Waals surface area contributed by atoms with Crippen LogP contribution in [0.3, 0.4) is 0 Å². The molecule has 3 aliphatic rings. The van der Waals surface area contributed by atoms with Gasteiger partial charge in [-0.2, -0.15) is 0 Å². The summed E-state index contributed by atoms with van der Waals surface area (Å²) in [4.78, 5) is 2.62. The summed E-state index contributed by atoms with van der Waals surface area (Å²) in [5.74, 6) is 2.07. The third kappa shape index (κ3) is 2.13. The maximum atomic E-state index is 3.85. The average molecular weight is 287 g/mol. The topological polar surface area (TPSA) is 3.24 Å². The predicted octanol–water partition coefficient (Wildman–Crippen LogP) is 2.96. The Kier molecular flexibility index (Phi) is 3.40. The molecular weight excluding hydrogens is 265 g/mol. The van der Waals surface area contributed by atoms with Crippen LogP contribution in [0.4, 0.5) is 5.69 Å². The summed E-state index contributed by atoms with van der Waals surface area (Å²) in [6.45, 7) is 8.10. The van der Waals surface area contributed by atoms with Crippen LogP contribution in [0.1, 0.15) is 13.3 Å². The maximum absolute atomic E-state index is 3.85. The zero-order chi connectivity index (χ0) is 15.1. The van der Waals surface area contributed by atoms with Crippen LogP contribution < -0.4 is 10.4 Å². The van der Waals surface area contributed by atoms with Crippen LogP contribution in [0.15, 0.2) is 60.7 Å². The normalized spacial score (nSPS) is 35.1. The van der Waals surface area contributed by atoms with Gasteiger partial charge in [-0.1, -0.05) is 0 Å². The summed E-state index contributed by atoms with van der Waals surface area (Å²) in [6.07, 6.45) is 15.4. The van der Waals surface area contributed by atoms with E-state index >= 15 is 0 Å². The number of rotatable bonds is 2. The first-order valence-electron chi connectivity index (χ1n) is 8.32. The van der Waals surface area contributed by atoms with Gasteiger partial charge in [0, 0.05) is 0 Å². The van der Waals surface area contributed by atoms with Crippen molar-refractivity contribution < 1.29 is 0 Å². The van der Waals surface area contributed by atoms with Crippen LogP contribution in [0, 0.1) is 17.8 Å². The van der Waals surface area contributed by atoms with E-state index in [0.717, 1.165) is 5.92 Å². The van der Waals surface area contributed by atoms with Gasteiger partial charge in [0.15, 0.2) is 0 Å². The zero-order valence-corrected chi connectivity index (χ0v) is 13.1. The van der Waals surface area contributed by atoms with Gasteiger partial charge in [0.1, 0.15) is 0 Å². The monoisotopic (exact) mass is 287 g/mol. The fourth-order valence-corrected chi connectivity index (χ4v) is 4.39. The quantitative estimate of drug-likeness (QED) is 0.597. The fraction of sp³-hybridized carbons (Fsp3) is 0.350. The van der Waals surface area contributed by atoms with Crippen LogP contribution >= 0.6 is 0 Å². The van der Waals surface area contributed by atoms with Crippen molar-refractivity contribution in [3.05, 3.63) is 60.7 Å². The van der Waals surface area contributed by atoms with Crippen molar-refractivity contribution in [1.29, 1.82) is 0 Å². The van der Waals surface area contributed by atoms with Gasteiger partial charge in [-0.3, -0.25) is 0 Å². The Labute approximate surface area is 133 Å². The Balaban J connectivity index is 1.75. The molecule has 1 aliphatic heterocycles. The molecule has 0 N–H and O–H groups in total. The summed E-state index contributed by atoms with van der Waals surface area (Å²) < 4.78 is 0. The van der Waals surface area contributed by atoms with Gasteiger partial charge in [-0.05, 0) is 0 Å². The van der Waals surface area contributed by atoms with Crippen molar-refractivity contribution in [2.75, 3.05) is 4.90 Å². The molecule has 0 bridgehead atoms. The SMILES string of the molecule is C=Bc1ccc(N2C3C=CC=CC3C3CC(C)C=CC32)cc1. The Hall–Kier alpha value is -1.83. The molecular formula is C20H22BN. The number of nitrogens with zero attached hydrogens (tertiary/aromatic N) is 1. The Morgan fingerprint density at radius 2 is 1.77 bits per heavy atom. The van der Waals surface area contributed by atoms with Crippen LogP contribution in [-0.2, 0) is 0 Å². The number of hydrogen-bond donors (Lipinski definition) is 0. The molecule has 0 amide bonds. The van der Waals surface area contributed by atoms with Gasteiger partial charge < -0.3 is 0 Å². The molecule has 0 saturated carbocycles. The molecule has 110 valence electrons. The van der Waals surface area contributed by atoms with Gasteiger partial charge in [0.2, 0.25) is 0 Å². The first-order chi connectivity index (χ1) is 10.8. The molecule has 1 aromatic carbocycles. The van der Waals surface area contributed by atoms with Crippen molar-refractivity contribution in [3.63, 3.8) is 0 Å². The molecule has 1 fully saturated rings. The molecule has 22 heavy (non-hydrogen) atoms. The van der Waals surface area contributed by atoms with Crippen LogP contribution in [0.25, 0.3) is 0 Å². The minimum absolute atomic E-state index is 0.490. The second-order valence-corrected chi connectivity index (χ2v) is 6.79. The summed E-state index contributed by atoms with van der Waals surface area (Å²) in [5, 5.41) is 0. The summed E-state index contributed by atoms with van der Waals surface area (Å²) in [6, 6.07) is 9.84. The third-order valence-electron chi connectivity index (χ3n) is 5.43. The minimum atomic E-state index is 0.490. The number of benzene rings is 1. The van der Waals surface area contributed by atoms with Crippen LogP contribution in [-0.4, -0.2) is 25.5 Å². The second kappa shape index (κ2) is 5.42. The molecule has 1 saturated heterocycles. The van der Waals surface area contributed by atoms with Crippen molar-refractivity contribution in [3.8, 4) is 0 Å². The molecule has 0 aromatic heterocycles. The number of hydrogen-bond acceptors (Lipinski definition) is 1. The number of anilines is 1. The van der Waals surface area contributed by atoms with Crippen LogP contribution in [0.5, 0.6) is 0 Å². The van der Waals surface area contributed by atoms with E-state index in [1.54, 1.807) is 0 Å². The van der Waals surface area contributed by atoms with E-state index in [9.17, 15) is 0 Å². The first-order valence-corrected chi connectivity index (χ1v) is 8.32. The summed E-state index contributed by atoms with van der Waals surface area (Å²) in [5.41, 5.74) is 2.51. The summed E-state index contributed by atoms with van der Waals surface area (Å²) in [7, 11) is 0.